The number of thioether (sulfide) groups is 1. The van der Waals surface area contributed by atoms with Crippen LogP contribution in [0.3, 0.4) is 0 Å². The molecule has 3 aromatic rings. The lowest BCUT2D eigenvalue weighted by molar-refractivity contribution is -0.119. The predicted octanol–water partition coefficient (Wildman–Crippen LogP) is 4.03. The second-order valence-corrected chi connectivity index (χ2v) is 8.63. The Kier molecular flexibility index (Phi) is 6.88. The first-order valence-corrected chi connectivity index (χ1v) is 11.6. The van der Waals surface area contributed by atoms with E-state index in [9.17, 15) is 9.59 Å². The zero-order chi connectivity index (χ0) is 23.4. The summed E-state index contributed by atoms with van der Waals surface area (Å²) in [4.78, 5) is 27.7. The fraction of sp³-hybridized carbons (Fsp3) is 0.292. The molecule has 2 amide bonds. The highest BCUT2D eigenvalue weighted by Gasteiger charge is 2.35. The average Bonchev–Trinajstić information content (AvgIpc) is 3.45. The highest BCUT2D eigenvalue weighted by atomic mass is 32.2. The van der Waals surface area contributed by atoms with Gasteiger partial charge in [0.25, 0.3) is 5.91 Å². The van der Waals surface area contributed by atoms with Crippen molar-refractivity contribution in [3.63, 3.8) is 0 Å². The van der Waals surface area contributed by atoms with Gasteiger partial charge in [-0.15, -0.1) is 11.8 Å². The van der Waals surface area contributed by atoms with Gasteiger partial charge in [-0.2, -0.15) is 0 Å². The Morgan fingerprint density at radius 3 is 2.67 bits per heavy atom. The molecule has 1 aliphatic rings. The van der Waals surface area contributed by atoms with Gasteiger partial charge in [-0.1, -0.05) is 11.2 Å². The minimum Gasteiger partial charge on any atom is -0.497 e. The molecule has 8 nitrogen and oxygen atoms in total. The molecule has 2 aromatic carbocycles. The third-order valence-corrected chi connectivity index (χ3v) is 6.46. The van der Waals surface area contributed by atoms with Gasteiger partial charge in [-0.25, -0.2) is 0 Å². The van der Waals surface area contributed by atoms with Crippen LogP contribution < -0.4 is 14.8 Å². The van der Waals surface area contributed by atoms with Crippen molar-refractivity contribution < 1.29 is 23.6 Å². The zero-order valence-electron chi connectivity index (χ0n) is 18.7. The summed E-state index contributed by atoms with van der Waals surface area (Å²) in [5.41, 5.74) is 2.79. The Hall–Kier alpha value is -3.46. The number of nitrogens with zero attached hydrogens (tertiary/aromatic N) is 2. The van der Waals surface area contributed by atoms with Gasteiger partial charge < -0.3 is 24.2 Å². The van der Waals surface area contributed by atoms with Crippen LogP contribution in [0.1, 0.15) is 27.4 Å². The number of carbonyl (C=O) groups excluding carboxylic acids is 2. The first-order chi connectivity index (χ1) is 16.0. The highest BCUT2D eigenvalue weighted by molar-refractivity contribution is 7.99. The number of hydrogen-bond acceptors (Lipinski definition) is 7. The van der Waals surface area contributed by atoms with Crippen molar-refractivity contribution in [3.8, 4) is 11.5 Å². The summed E-state index contributed by atoms with van der Waals surface area (Å²) in [7, 11) is 1.59. The van der Waals surface area contributed by atoms with E-state index in [4.69, 9.17) is 14.0 Å². The van der Waals surface area contributed by atoms with Crippen molar-refractivity contribution in [1.82, 2.24) is 10.1 Å². The van der Waals surface area contributed by atoms with Gasteiger partial charge in [0.2, 0.25) is 5.91 Å². The van der Waals surface area contributed by atoms with Crippen LogP contribution in [0.25, 0.3) is 0 Å². The van der Waals surface area contributed by atoms with Gasteiger partial charge in [-0.3, -0.25) is 9.59 Å². The SMILES string of the molecule is COc1ccc(NC(=O)C2CSCN2C(=O)c2cccc(OCc3c(C)noc3C)c2)cc1. The Morgan fingerprint density at radius 2 is 1.97 bits per heavy atom. The summed E-state index contributed by atoms with van der Waals surface area (Å²) < 4.78 is 16.2. The second-order valence-electron chi connectivity index (χ2n) is 7.63. The van der Waals surface area contributed by atoms with E-state index in [1.165, 1.54) is 0 Å². The molecule has 0 spiro atoms. The molecule has 0 aliphatic carbocycles. The maximum Gasteiger partial charge on any atom is 0.255 e. The van der Waals surface area contributed by atoms with Gasteiger partial charge in [0.05, 0.1) is 24.2 Å². The van der Waals surface area contributed by atoms with E-state index in [2.05, 4.69) is 10.5 Å². The maximum atomic E-state index is 13.2. The van der Waals surface area contributed by atoms with Crippen LogP contribution in [0.4, 0.5) is 5.69 Å². The Balaban J connectivity index is 1.43. The third-order valence-electron chi connectivity index (χ3n) is 5.45. The Morgan fingerprint density at radius 1 is 1.18 bits per heavy atom. The largest absolute Gasteiger partial charge is 0.497 e. The third kappa shape index (κ3) is 5.14. The van der Waals surface area contributed by atoms with E-state index < -0.39 is 6.04 Å². The van der Waals surface area contributed by atoms with Gasteiger partial charge in [0.15, 0.2) is 0 Å². The van der Waals surface area contributed by atoms with Gasteiger partial charge in [0, 0.05) is 17.0 Å². The van der Waals surface area contributed by atoms with E-state index in [0.717, 1.165) is 11.3 Å². The molecule has 0 saturated carbocycles. The molecule has 1 atom stereocenters. The molecule has 33 heavy (non-hydrogen) atoms. The molecule has 4 rings (SSSR count). The van der Waals surface area contributed by atoms with Crippen LogP contribution in [0.2, 0.25) is 0 Å². The zero-order valence-corrected chi connectivity index (χ0v) is 19.5. The van der Waals surface area contributed by atoms with Crippen LogP contribution in [-0.2, 0) is 11.4 Å². The average molecular weight is 468 g/mol. The van der Waals surface area contributed by atoms with E-state index >= 15 is 0 Å². The number of nitrogens with one attached hydrogen (secondary N) is 1. The second kappa shape index (κ2) is 9.99. The maximum absolute atomic E-state index is 13.2. The van der Waals surface area contributed by atoms with Gasteiger partial charge in [0.1, 0.15) is 29.9 Å². The predicted molar refractivity (Wildman–Crippen MR) is 126 cm³/mol. The van der Waals surface area contributed by atoms with Crippen molar-refractivity contribution >= 4 is 29.3 Å². The summed E-state index contributed by atoms with van der Waals surface area (Å²) in [5, 5.41) is 6.82. The fourth-order valence-corrected chi connectivity index (χ4v) is 4.66. The standard InChI is InChI=1S/C24H25N3O5S/c1-15-21(16(2)32-26-15)12-31-20-6-4-5-17(11-20)24(29)27-14-33-13-22(27)23(28)25-18-7-9-19(30-3)10-8-18/h4-11,22H,12-14H2,1-3H3,(H,25,28). The van der Waals surface area contributed by atoms with E-state index in [0.29, 0.717) is 46.7 Å². The number of carbonyl (C=O) groups is 2. The van der Waals surface area contributed by atoms with Gasteiger partial charge in [-0.05, 0) is 56.3 Å². The topological polar surface area (TPSA) is 93.9 Å². The quantitative estimate of drug-likeness (QED) is 0.561. The monoisotopic (exact) mass is 467 g/mol. The minimum atomic E-state index is -0.559. The molecule has 1 saturated heterocycles. The van der Waals surface area contributed by atoms with Crippen molar-refractivity contribution in [1.29, 1.82) is 0 Å². The number of amides is 2. The number of rotatable bonds is 7. The van der Waals surface area contributed by atoms with Crippen LogP contribution in [-0.4, -0.2) is 46.7 Å². The molecule has 1 aliphatic heterocycles. The molecule has 1 fully saturated rings. The summed E-state index contributed by atoms with van der Waals surface area (Å²) in [6, 6.07) is 13.5. The minimum absolute atomic E-state index is 0.210. The smallest absolute Gasteiger partial charge is 0.255 e. The first kappa shape index (κ1) is 22.7. The number of ether oxygens (including phenoxy) is 2. The summed E-state index contributed by atoms with van der Waals surface area (Å²) in [6.45, 7) is 3.99. The van der Waals surface area contributed by atoms with Crippen molar-refractivity contribution in [2.45, 2.75) is 26.5 Å². The number of anilines is 1. The lowest BCUT2D eigenvalue weighted by Gasteiger charge is -2.23. The number of aryl methyl sites for hydroxylation is 2. The van der Waals surface area contributed by atoms with E-state index in [1.54, 1.807) is 72.3 Å². The lowest BCUT2D eigenvalue weighted by atomic mass is 10.1. The first-order valence-electron chi connectivity index (χ1n) is 10.4. The molecule has 1 aromatic heterocycles. The summed E-state index contributed by atoms with van der Waals surface area (Å²) in [5.74, 6) is 2.53. The van der Waals surface area contributed by atoms with Gasteiger partial charge >= 0.3 is 0 Å². The highest BCUT2D eigenvalue weighted by Crippen LogP contribution is 2.26. The number of aromatic nitrogens is 1. The molecule has 0 bridgehead atoms. The fourth-order valence-electron chi connectivity index (χ4n) is 3.51. The van der Waals surface area contributed by atoms with Crippen LogP contribution in [0.5, 0.6) is 11.5 Å². The van der Waals surface area contributed by atoms with Crippen molar-refractivity contribution in [3.05, 3.63) is 71.1 Å². The molecule has 1 unspecified atom stereocenters. The summed E-state index contributed by atoms with van der Waals surface area (Å²) >= 11 is 1.55. The van der Waals surface area contributed by atoms with Crippen molar-refractivity contribution in [2.75, 3.05) is 24.1 Å². The van der Waals surface area contributed by atoms with Crippen molar-refractivity contribution in [2.24, 2.45) is 0 Å². The number of benzene rings is 2. The van der Waals surface area contributed by atoms with Crippen LogP contribution in [0, 0.1) is 13.8 Å². The summed E-state index contributed by atoms with van der Waals surface area (Å²) in [6.07, 6.45) is 0. The van der Waals surface area contributed by atoms with E-state index in [-0.39, 0.29) is 11.8 Å². The Bertz CT molecular complexity index is 1130. The number of methoxy groups -OCH3 is 1. The molecule has 2 heterocycles. The normalized spacial score (nSPS) is 15.4. The molecule has 9 heteroatoms. The molecule has 172 valence electrons. The lowest BCUT2D eigenvalue weighted by Crippen LogP contribution is -2.44. The Labute approximate surface area is 196 Å². The van der Waals surface area contributed by atoms with E-state index in [1.807, 2.05) is 13.8 Å². The molecule has 0 radical (unpaired) electrons. The number of hydrogen-bond donors (Lipinski definition) is 1. The van der Waals surface area contributed by atoms with Crippen LogP contribution >= 0.6 is 11.8 Å². The van der Waals surface area contributed by atoms with Crippen LogP contribution in [0.15, 0.2) is 53.1 Å². The molecule has 1 N–H and O–H groups in total. The molecular formula is C24H25N3O5S. The molecular weight excluding hydrogens is 442 g/mol.